The summed E-state index contributed by atoms with van der Waals surface area (Å²) in [5.41, 5.74) is 2.56. The maximum atomic E-state index is 4.58. The molecule has 1 aromatic rings. The normalized spacial score (nSPS) is 14.3. The third-order valence-electron chi connectivity index (χ3n) is 2.80. The first-order chi connectivity index (χ1) is 6.90. The van der Waals surface area contributed by atoms with E-state index >= 15 is 0 Å². The van der Waals surface area contributed by atoms with E-state index < -0.39 is 0 Å². The van der Waals surface area contributed by atoms with Crippen LogP contribution in [0, 0.1) is 0 Å². The van der Waals surface area contributed by atoms with Crippen molar-refractivity contribution in [3.05, 3.63) is 17.5 Å². The van der Waals surface area contributed by atoms with Gasteiger partial charge in [-0.25, -0.2) is 0 Å². The van der Waals surface area contributed by atoms with Crippen molar-refractivity contribution in [2.45, 2.75) is 45.6 Å². The maximum absolute atomic E-state index is 4.58. The molecule has 0 aliphatic heterocycles. The molecule has 0 amide bonds. The number of hydrogen-bond donors (Lipinski definition) is 1. The van der Waals surface area contributed by atoms with Gasteiger partial charge in [-0.15, -0.1) is 0 Å². The van der Waals surface area contributed by atoms with Crippen molar-refractivity contribution < 1.29 is 0 Å². The number of aromatic nitrogens is 2. The van der Waals surface area contributed by atoms with Gasteiger partial charge in [-0.2, -0.15) is 5.10 Å². The molecule has 0 bridgehead atoms. The fraction of sp³-hybridized carbons (Fsp3) is 0.750. The van der Waals surface area contributed by atoms with E-state index in [0.717, 1.165) is 12.1 Å². The molecule has 0 spiro atoms. The van der Waals surface area contributed by atoms with E-state index in [2.05, 4.69) is 44.2 Å². The highest BCUT2D eigenvalue weighted by molar-refractivity contribution is 5.19. The molecule has 0 aromatic carbocycles. The highest BCUT2D eigenvalue weighted by atomic mass is 15.3. The van der Waals surface area contributed by atoms with Crippen LogP contribution in [0.1, 0.15) is 51.5 Å². The predicted molar refractivity (Wildman–Crippen MR) is 64.0 cm³/mol. The minimum Gasteiger partial charge on any atom is -0.312 e. The zero-order chi connectivity index (χ0) is 11.6. The van der Waals surface area contributed by atoms with E-state index in [-0.39, 0.29) is 5.41 Å². The minimum absolute atomic E-state index is 0.127. The van der Waals surface area contributed by atoms with Crippen LogP contribution in [-0.2, 0) is 12.5 Å². The standard InChI is InChI=1S/C12H23N3/c1-7-9(13-5)10-8-11(12(2,3)4)14-15(10)6/h8-9,13H,7H2,1-6H3. The van der Waals surface area contributed by atoms with Crippen LogP contribution in [-0.4, -0.2) is 16.8 Å². The fourth-order valence-corrected chi connectivity index (χ4v) is 1.74. The molecule has 1 heterocycles. The monoisotopic (exact) mass is 209 g/mol. The van der Waals surface area contributed by atoms with Gasteiger partial charge in [0, 0.05) is 18.5 Å². The van der Waals surface area contributed by atoms with Crippen molar-refractivity contribution in [1.29, 1.82) is 0 Å². The molecule has 1 aromatic heterocycles. The van der Waals surface area contributed by atoms with Gasteiger partial charge in [0.25, 0.3) is 0 Å². The second-order valence-corrected chi connectivity index (χ2v) is 5.08. The van der Waals surface area contributed by atoms with Gasteiger partial charge in [0.15, 0.2) is 0 Å². The summed E-state index contributed by atoms with van der Waals surface area (Å²) in [6.07, 6.45) is 1.08. The zero-order valence-electron chi connectivity index (χ0n) is 10.8. The van der Waals surface area contributed by atoms with Crippen LogP contribution in [0.5, 0.6) is 0 Å². The largest absolute Gasteiger partial charge is 0.312 e. The molecule has 0 fully saturated rings. The first-order valence-electron chi connectivity index (χ1n) is 5.61. The number of rotatable bonds is 3. The van der Waals surface area contributed by atoms with Gasteiger partial charge in [-0.05, 0) is 19.5 Å². The quantitative estimate of drug-likeness (QED) is 0.828. The smallest absolute Gasteiger partial charge is 0.0681 e. The molecule has 86 valence electrons. The van der Waals surface area contributed by atoms with Crippen LogP contribution < -0.4 is 5.32 Å². The number of nitrogens with one attached hydrogen (secondary N) is 1. The Labute approximate surface area is 92.9 Å². The van der Waals surface area contributed by atoms with Crippen LogP contribution in [0.15, 0.2) is 6.07 Å². The Hall–Kier alpha value is -0.830. The van der Waals surface area contributed by atoms with E-state index in [9.17, 15) is 0 Å². The summed E-state index contributed by atoms with van der Waals surface area (Å²) in [7, 11) is 4.02. The lowest BCUT2D eigenvalue weighted by Gasteiger charge is -2.14. The average Bonchev–Trinajstić information content (AvgIpc) is 2.50. The molecule has 1 rings (SSSR count). The summed E-state index contributed by atoms with van der Waals surface area (Å²) in [5.74, 6) is 0. The first-order valence-corrected chi connectivity index (χ1v) is 5.61. The Balaban J connectivity index is 3.06. The molecule has 1 atom stereocenters. The van der Waals surface area contributed by atoms with Crippen LogP contribution in [0.2, 0.25) is 0 Å². The van der Waals surface area contributed by atoms with Gasteiger partial charge in [0.05, 0.1) is 11.4 Å². The number of nitrogens with zero attached hydrogens (tertiary/aromatic N) is 2. The molecule has 0 aliphatic rings. The van der Waals surface area contributed by atoms with Gasteiger partial charge in [-0.1, -0.05) is 27.7 Å². The molecule has 0 aliphatic carbocycles. The van der Waals surface area contributed by atoms with Crippen molar-refractivity contribution >= 4 is 0 Å². The van der Waals surface area contributed by atoms with Gasteiger partial charge in [-0.3, -0.25) is 4.68 Å². The van der Waals surface area contributed by atoms with Crippen LogP contribution in [0.3, 0.4) is 0 Å². The van der Waals surface area contributed by atoms with Gasteiger partial charge >= 0.3 is 0 Å². The summed E-state index contributed by atoms with van der Waals surface area (Å²) in [4.78, 5) is 0. The lowest BCUT2D eigenvalue weighted by atomic mass is 9.92. The second kappa shape index (κ2) is 4.35. The van der Waals surface area contributed by atoms with Crippen LogP contribution >= 0.6 is 0 Å². The van der Waals surface area contributed by atoms with Crippen LogP contribution in [0.4, 0.5) is 0 Å². The lowest BCUT2D eigenvalue weighted by Crippen LogP contribution is -2.18. The van der Waals surface area contributed by atoms with E-state index in [1.165, 1.54) is 5.69 Å². The van der Waals surface area contributed by atoms with Gasteiger partial charge in [0.1, 0.15) is 0 Å². The molecule has 15 heavy (non-hydrogen) atoms. The number of hydrogen-bond acceptors (Lipinski definition) is 2. The topological polar surface area (TPSA) is 29.9 Å². The van der Waals surface area contributed by atoms with E-state index in [1.807, 2.05) is 18.8 Å². The molecule has 0 saturated carbocycles. The summed E-state index contributed by atoms with van der Waals surface area (Å²) >= 11 is 0. The highest BCUT2D eigenvalue weighted by Gasteiger charge is 2.21. The van der Waals surface area contributed by atoms with Crippen molar-refractivity contribution in [2.24, 2.45) is 7.05 Å². The van der Waals surface area contributed by atoms with Crippen molar-refractivity contribution in [3.8, 4) is 0 Å². The number of aryl methyl sites for hydroxylation is 1. The third-order valence-corrected chi connectivity index (χ3v) is 2.80. The first kappa shape index (κ1) is 12.2. The van der Waals surface area contributed by atoms with E-state index in [4.69, 9.17) is 0 Å². The fourth-order valence-electron chi connectivity index (χ4n) is 1.74. The zero-order valence-corrected chi connectivity index (χ0v) is 10.8. The molecule has 0 radical (unpaired) electrons. The average molecular weight is 209 g/mol. The van der Waals surface area contributed by atoms with Gasteiger partial charge in [0.2, 0.25) is 0 Å². The molecular formula is C12H23N3. The Morgan fingerprint density at radius 1 is 1.47 bits per heavy atom. The molecule has 1 unspecified atom stereocenters. The summed E-state index contributed by atoms with van der Waals surface area (Å²) in [6.45, 7) is 8.77. The lowest BCUT2D eigenvalue weighted by molar-refractivity contribution is 0.518. The Bertz CT molecular complexity index is 316. The highest BCUT2D eigenvalue weighted by Crippen LogP contribution is 2.24. The molecule has 0 saturated heterocycles. The van der Waals surface area contributed by atoms with E-state index in [1.54, 1.807) is 0 Å². The molecule has 1 N–H and O–H groups in total. The predicted octanol–water partition coefficient (Wildman–Crippen LogP) is 2.39. The Morgan fingerprint density at radius 2 is 2.07 bits per heavy atom. The molecule has 3 heteroatoms. The summed E-state index contributed by atoms with van der Waals surface area (Å²) < 4.78 is 1.99. The maximum Gasteiger partial charge on any atom is 0.0681 e. The Kier molecular flexibility index (Phi) is 3.55. The summed E-state index contributed by atoms with van der Waals surface area (Å²) in [6, 6.07) is 2.61. The minimum atomic E-state index is 0.127. The SMILES string of the molecule is CCC(NC)c1cc(C(C)(C)C)nn1C. The van der Waals surface area contributed by atoms with Gasteiger partial charge < -0.3 is 5.32 Å². The summed E-state index contributed by atoms with van der Waals surface area (Å²) in [5, 5.41) is 7.89. The molecular weight excluding hydrogens is 186 g/mol. The van der Waals surface area contributed by atoms with E-state index in [0.29, 0.717) is 6.04 Å². The van der Waals surface area contributed by atoms with Crippen molar-refractivity contribution in [2.75, 3.05) is 7.05 Å². The third kappa shape index (κ3) is 2.59. The molecule has 3 nitrogen and oxygen atoms in total. The van der Waals surface area contributed by atoms with Crippen molar-refractivity contribution in [3.63, 3.8) is 0 Å². The Morgan fingerprint density at radius 3 is 2.40 bits per heavy atom. The van der Waals surface area contributed by atoms with Crippen LogP contribution in [0.25, 0.3) is 0 Å². The second-order valence-electron chi connectivity index (χ2n) is 5.08. The van der Waals surface area contributed by atoms with Crippen molar-refractivity contribution in [1.82, 2.24) is 15.1 Å².